The Morgan fingerprint density at radius 3 is 2.68 bits per heavy atom. The Balaban J connectivity index is 0.00000280. The molecule has 0 unspecified atom stereocenters. The molecule has 0 aliphatic heterocycles. The minimum Gasteiger partial charge on any atom is -0.381 e. The average Bonchev–Trinajstić information content (AvgIpc) is 3.37. The summed E-state index contributed by atoms with van der Waals surface area (Å²) in [4.78, 5) is 8.76. The first-order valence-electron chi connectivity index (χ1n) is 9.97. The van der Waals surface area contributed by atoms with Gasteiger partial charge in [0.2, 0.25) is 0 Å². The van der Waals surface area contributed by atoms with Crippen LogP contribution in [0.3, 0.4) is 0 Å². The number of benzene rings is 1. The van der Waals surface area contributed by atoms with Gasteiger partial charge in [-0.15, -0.1) is 24.0 Å². The predicted octanol–water partition coefficient (Wildman–Crippen LogP) is 3.42. The lowest BCUT2D eigenvalue weighted by Crippen LogP contribution is -2.38. The van der Waals surface area contributed by atoms with Crippen molar-refractivity contribution >= 4 is 29.9 Å². The molecule has 0 saturated heterocycles. The van der Waals surface area contributed by atoms with Crippen molar-refractivity contribution < 1.29 is 4.74 Å². The number of hydrogen-bond donors (Lipinski definition) is 2. The smallest absolute Gasteiger partial charge is 0.191 e. The van der Waals surface area contributed by atoms with Crippen molar-refractivity contribution in [2.45, 2.75) is 39.3 Å². The van der Waals surface area contributed by atoms with Gasteiger partial charge in [-0.2, -0.15) is 0 Å². The fourth-order valence-electron chi connectivity index (χ4n) is 2.77. The van der Waals surface area contributed by atoms with E-state index in [-0.39, 0.29) is 24.0 Å². The van der Waals surface area contributed by atoms with Gasteiger partial charge in [-0.3, -0.25) is 0 Å². The minimum atomic E-state index is 0. The van der Waals surface area contributed by atoms with Crippen LogP contribution in [0.4, 0.5) is 0 Å². The molecule has 2 aromatic rings. The second-order valence-electron chi connectivity index (χ2n) is 7.05. The van der Waals surface area contributed by atoms with Crippen molar-refractivity contribution in [1.29, 1.82) is 0 Å². The van der Waals surface area contributed by atoms with E-state index in [2.05, 4.69) is 56.4 Å². The Kier molecular flexibility index (Phi) is 10.3. The van der Waals surface area contributed by atoms with Gasteiger partial charge in [0.25, 0.3) is 0 Å². The first kappa shape index (κ1) is 22.7. The van der Waals surface area contributed by atoms with Gasteiger partial charge >= 0.3 is 0 Å². The largest absolute Gasteiger partial charge is 0.381 e. The van der Waals surface area contributed by atoms with Crippen LogP contribution in [0.25, 0.3) is 0 Å². The highest BCUT2D eigenvalue weighted by Gasteiger charge is 2.20. The van der Waals surface area contributed by atoms with E-state index in [0.29, 0.717) is 6.54 Å². The summed E-state index contributed by atoms with van der Waals surface area (Å²) in [7, 11) is 0. The standard InChI is InChI=1S/C21H31N5O.HI/c1-2-23-21(24-10-3-13-27-16-20-8-9-20)25-14-18-4-6-19(7-5-18)15-26-12-11-22-17-26;/h4-7,11-12,17,20H,2-3,8-10,13-16H2,1H3,(H2,23,24,25);1H. The molecule has 1 heterocycles. The van der Waals surface area contributed by atoms with Gasteiger partial charge in [-0.05, 0) is 43.2 Å². The highest BCUT2D eigenvalue weighted by molar-refractivity contribution is 14.0. The van der Waals surface area contributed by atoms with Crippen LogP contribution in [-0.4, -0.2) is 41.8 Å². The van der Waals surface area contributed by atoms with Crippen LogP contribution in [0.5, 0.6) is 0 Å². The van der Waals surface area contributed by atoms with Gasteiger partial charge in [0.05, 0.1) is 12.9 Å². The number of rotatable bonds is 11. The van der Waals surface area contributed by atoms with E-state index in [9.17, 15) is 0 Å². The van der Waals surface area contributed by atoms with Crippen LogP contribution in [0.1, 0.15) is 37.3 Å². The number of imidazole rings is 1. The maximum atomic E-state index is 5.67. The number of nitrogens with one attached hydrogen (secondary N) is 2. The lowest BCUT2D eigenvalue weighted by Gasteiger charge is -2.11. The molecule has 1 aliphatic rings. The van der Waals surface area contributed by atoms with E-state index in [1.54, 1.807) is 6.20 Å². The maximum Gasteiger partial charge on any atom is 0.191 e. The summed E-state index contributed by atoms with van der Waals surface area (Å²) in [5.74, 6) is 1.70. The van der Waals surface area contributed by atoms with Gasteiger partial charge in [0.1, 0.15) is 0 Å². The number of hydrogen-bond acceptors (Lipinski definition) is 3. The van der Waals surface area contributed by atoms with E-state index in [1.807, 2.05) is 12.5 Å². The van der Waals surface area contributed by atoms with E-state index >= 15 is 0 Å². The van der Waals surface area contributed by atoms with Gasteiger partial charge in [-0.1, -0.05) is 24.3 Å². The molecule has 6 nitrogen and oxygen atoms in total. The molecule has 2 N–H and O–H groups in total. The van der Waals surface area contributed by atoms with Crippen molar-refractivity contribution in [1.82, 2.24) is 20.2 Å². The quantitative estimate of drug-likeness (QED) is 0.216. The van der Waals surface area contributed by atoms with E-state index in [4.69, 9.17) is 4.74 Å². The molecular weight excluding hydrogens is 465 g/mol. The zero-order chi connectivity index (χ0) is 18.7. The molecule has 0 amide bonds. The number of aliphatic imine (C=N–C) groups is 1. The summed E-state index contributed by atoms with van der Waals surface area (Å²) >= 11 is 0. The molecule has 0 atom stereocenters. The topological polar surface area (TPSA) is 63.5 Å². The fraction of sp³-hybridized carbons (Fsp3) is 0.524. The molecule has 3 rings (SSSR count). The number of aromatic nitrogens is 2. The Hall–Kier alpha value is -1.61. The molecule has 1 aromatic carbocycles. The van der Waals surface area contributed by atoms with Crippen LogP contribution >= 0.6 is 24.0 Å². The molecule has 1 aliphatic carbocycles. The third-order valence-corrected chi connectivity index (χ3v) is 4.52. The molecular formula is C21H32IN5O. The van der Waals surface area contributed by atoms with Crippen LogP contribution in [0, 0.1) is 5.92 Å². The van der Waals surface area contributed by atoms with Crippen molar-refractivity contribution in [3.8, 4) is 0 Å². The summed E-state index contributed by atoms with van der Waals surface area (Å²) in [6, 6.07) is 8.60. The predicted molar refractivity (Wildman–Crippen MR) is 124 cm³/mol. The van der Waals surface area contributed by atoms with Crippen LogP contribution in [-0.2, 0) is 17.8 Å². The summed E-state index contributed by atoms with van der Waals surface area (Å²) in [5.41, 5.74) is 2.46. The van der Waals surface area contributed by atoms with E-state index in [1.165, 1.54) is 24.0 Å². The lowest BCUT2D eigenvalue weighted by molar-refractivity contribution is 0.123. The third kappa shape index (κ3) is 8.60. The normalized spacial score (nSPS) is 13.8. The third-order valence-electron chi connectivity index (χ3n) is 4.52. The first-order valence-corrected chi connectivity index (χ1v) is 9.97. The van der Waals surface area contributed by atoms with Gasteiger partial charge in [0.15, 0.2) is 5.96 Å². The molecule has 28 heavy (non-hydrogen) atoms. The molecule has 1 saturated carbocycles. The molecule has 0 radical (unpaired) electrons. The summed E-state index contributed by atoms with van der Waals surface area (Å²) in [6.07, 6.45) is 9.31. The zero-order valence-corrected chi connectivity index (χ0v) is 19.0. The Morgan fingerprint density at radius 2 is 2.00 bits per heavy atom. The zero-order valence-electron chi connectivity index (χ0n) is 16.6. The van der Waals surface area contributed by atoms with Crippen LogP contribution in [0.15, 0.2) is 48.0 Å². The highest BCUT2D eigenvalue weighted by Crippen LogP contribution is 2.28. The molecule has 0 spiro atoms. The van der Waals surface area contributed by atoms with Gasteiger partial charge in [-0.25, -0.2) is 9.98 Å². The second-order valence-corrected chi connectivity index (χ2v) is 7.05. The second kappa shape index (κ2) is 12.8. The van der Waals surface area contributed by atoms with Crippen molar-refractivity contribution in [3.63, 3.8) is 0 Å². The minimum absolute atomic E-state index is 0. The number of ether oxygens (including phenoxy) is 1. The summed E-state index contributed by atoms with van der Waals surface area (Å²) in [5, 5.41) is 6.69. The van der Waals surface area contributed by atoms with Crippen LogP contribution < -0.4 is 10.6 Å². The van der Waals surface area contributed by atoms with E-state index < -0.39 is 0 Å². The molecule has 1 fully saturated rings. The first-order chi connectivity index (χ1) is 13.3. The van der Waals surface area contributed by atoms with Crippen molar-refractivity contribution in [3.05, 3.63) is 54.1 Å². The van der Waals surface area contributed by atoms with Gasteiger partial charge in [0, 0.05) is 45.2 Å². The number of halogens is 1. The van der Waals surface area contributed by atoms with Crippen LogP contribution in [0.2, 0.25) is 0 Å². The Morgan fingerprint density at radius 1 is 1.21 bits per heavy atom. The summed E-state index contributed by atoms with van der Waals surface area (Å²) < 4.78 is 7.74. The lowest BCUT2D eigenvalue weighted by atomic mass is 10.1. The molecule has 0 bridgehead atoms. The Labute approximate surface area is 185 Å². The fourth-order valence-corrected chi connectivity index (χ4v) is 2.77. The SMILES string of the molecule is CCNC(=NCc1ccc(Cn2ccnc2)cc1)NCCCOCC1CC1.I. The molecule has 1 aromatic heterocycles. The molecule has 154 valence electrons. The highest BCUT2D eigenvalue weighted by atomic mass is 127. The monoisotopic (exact) mass is 497 g/mol. The summed E-state index contributed by atoms with van der Waals surface area (Å²) in [6.45, 7) is 7.08. The maximum absolute atomic E-state index is 5.67. The average molecular weight is 497 g/mol. The van der Waals surface area contributed by atoms with Crippen molar-refractivity contribution in [2.24, 2.45) is 10.9 Å². The van der Waals surface area contributed by atoms with Crippen molar-refractivity contribution in [2.75, 3.05) is 26.3 Å². The Bertz CT molecular complexity index is 683. The van der Waals surface area contributed by atoms with Gasteiger partial charge < -0.3 is 19.9 Å². The molecule has 7 heteroatoms. The number of guanidine groups is 1. The van der Waals surface area contributed by atoms with E-state index in [0.717, 1.165) is 51.1 Å². The number of nitrogens with zero attached hydrogens (tertiary/aromatic N) is 3.